The molecule has 0 fully saturated rings. The van der Waals surface area contributed by atoms with Crippen molar-refractivity contribution in [3.05, 3.63) is 113 Å². The minimum atomic E-state index is -0.560. The van der Waals surface area contributed by atoms with Crippen LogP contribution >= 0.6 is 11.6 Å². The molecule has 0 aliphatic rings. The number of halogens is 1. The molecule has 4 rings (SSSR count). The Morgan fingerprint density at radius 3 is 2.31 bits per heavy atom. The van der Waals surface area contributed by atoms with E-state index in [9.17, 15) is 14.4 Å². The van der Waals surface area contributed by atoms with Gasteiger partial charge in [-0.2, -0.15) is 5.10 Å². The van der Waals surface area contributed by atoms with E-state index >= 15 is 0 Å². The van der Waals surface area contributed by atoms with Gasteiger partial charge in [0.2, 0.25) is 0 Å². The molecule has 8 heteroatoms. The predicted molar refractivity (Wildman–Crippen MR) is 135 cm³/mol. The molecule has 2 amide bonds. The normalized spacial score (nSPS) is 10.8. The van der Waals surface area contributed by atoms with Crippen molar-refractivity contribution in [2.45, 2.75) is 0 Å². The van der Waals surface area contributed by atoms with Gasteiger partial charge in [0.25, 0.3) is 11.8 Å². The average molecular weight is 486 g/mol. The average Bonchev–Trinajstić information content (AvgIpc) is 2.88. The Labute approximate surface area is 206 Å². The second-order valence-corrected chi connectivity index (χ2v) is 7.85. The number of carbonyl (C=O) groups excluding carboxylic acids is 3. The number of fused-ring (bicyclic) bond motifs is 1. The van der Waals surface area contributed by atoms with E-state index in [4.69, 9.17) is 16.3 Å². The van der Waals surface area contributed by atoms with Gasteiger partial charge in [-0.15, -0.1) is 0 Å². The van der Waals surface area contributed by atoms with Gasteiger partial charge >= 0.3 is 5.97 Å². The summed E-state index contributed by atoms with van der Waals surface area (Å²) in [6.07, 6.45) is 1.43. The minimum absolute atomic E-state index is 0.226. The summed E-state index contributed by atoms with van der Waals surface area (Å²) in [6.45, 7) is -0.226. The number of nitrogens with one attached hydrogen (secondary N) is 2. The Kier molecular flexibility index (Phi) is 7.50. The number of esters is 1. The van der Waals surface area contributed by atoms with Gasteiger partial charge in [-0.3, -0.25) is 9.59 Å². The molecule has 0 spiro atoms. The van der Waals surface area contributed by atoms with Gasteiger partial charge in [0.1, 0.15) is 5.75 Å². The van der Waals surface area contributed by atoms with Crippen molar-refractivity contribution in [2.24, 2.45) is 5.10 Å². The first kappa shape index (κ1) is 23.7. The summed E-state index contributed by atoms with van der Waals surface area (Å²) in [5, 5.41) is 8.56. The van der Waals surface area contributed by atoms with Crippen molar-refractivity contribution in [1.29, 1.82) is 0 Å². The van der Waals surface area contributed by atoms with Crippen LogP contribution in [0, 0.1) is 0 Å². The van der Waals surface area contributed by atoms with E-state index in [2.05, 4.69) is 15.8 Å². The molecule has 0 saturated heterocycles. The zero-order chi connectivity index (χ0) is 24.6. The van der Waals surface area contributed by atoms with Crippen molar-refractivity contribution in [2.75, 3.05) is 6.54 Å². The monoisotopic (exact) mass is 485 g/mol. The van der Waals surface area contributed by atoms with Crippen LogP contribution in [0.25, 0.3) is 10.8 Å². The fourth-order valence-electron chi connectivity index (χ4n) is 3.31. The van der Waals surface area contributed by atoms with Crippen molar-refractivity contribution in [1.82, 2.24) is 10.7 Å². The maximum absolute atomic E-state index is 12.5. The van der Waals surface area contributed by atoms with Gasteiger partial charge in [-0.25, -0.2) is 10.2 Å². The van der Waals surface area contributed by atoms with Gasteiger partial charge in [0.15, 0.2) is 0 Å². The van der Waals surface area contributed by atoms with Gasteiger partial charge in [0.05, 0.1) is 23.3 Å². The first-order chi connectivity index (χ1) is 17.0. The van der Waals surface area contributed by atoms with Crippen LogP contribution in [0.3, 0.4) is 0 Å². The molecule has 0 radical (unpaired) electrons. The molecule has 4 aromatic rings. The number of ether oxygens (including phenoxy) is 1. The summed E-state index contributed by atoms with van der Waals surface area (Å²) < 4.78 is 5.32. The summed E-state index contributed by atoms with van der Waals surface area (Å²) in [5.41, 5.74) is 3.80. The minimum Gasteiger partial charge on any atom is -0.423 e. The van der Waals surface area contributed by atoms with Crippen molar-refractivity contribution in [3.8, 4) is 5.75 Å². The molecule has 0 atom stereocenters. The lowest BCUT2D eigenvalue weighted by molar-refractivity contribution is -0.120. The molecule has 35 heavy (non-hydrogen) atoms. The smallest absolute Gasteiger partial charge is 0.345 e. The molecule has 0 unspecified atom stereocenters. The van der Waals surface area contributed by atoms with Gasteiger partial charge in [-0.05, 0) is 58.8 Å². The van der Waals surface area contributed by atoms with E-state index in [1.54, 1.807) is 60.7 Å². The van der Waals surface area contributed by atoms with E-state index in [0.29, 0.717) is 21.9 Å². The third kappa shape index (κ3) is 6.10. The molecule has 2 N–H and O–H groups in total. The summed E-state index contributed by atoms with van der Waals surface area (Å²) in [7, 11) is 0. The number of hydrogen-bond acceptors (Lipinski definition) is 5. The third-order valence-electron chi connectivity index (χ3n) is 5.03. The molecule has 7 nitrogen and oxygen atoms in total. The Morgan fingerprint density at radius 2 is 1.51 bits per heavy atom. The number of hydrazone groups is 1. The first-order valence-corrected chi connectivity index (χ1v) is 11.0. The Morgan fingerprint density at radius 1 is 0.829 bits per heavy atom. The number of amides is 2. The van der Waals surface area contributed by atoms with Crippen LogP contribution in [0.2, 0.25) is 5.02 Å². The highest BCUT2D eigenvalue weighted by Crippen LogP contribution is 2.19. The van der Waals surface area contributed by atoms with Crippen LogP contribution in [0.15, 0.2) is 96.1 Å². The van der Waals surface area contributed by atoms with Gasteiger partial charge in [0, 0.05) is 5.56 Å². The molecule has 4 aromatic carbocycles. The maximum atomic E-state index is 12.5. The molecule has 0 aliphatic carbocycles. The Bertz CT molecular complexity index is 1410. The van der Waals surface area contributed by atoms with Crippen LogP contribution in [0.5, 0.6) is 5.75 Å². The molecule has 0 heterocycles. The third-order valence-corrected chi connectivity index (χ3v) is 5.36. The van der Waals surface area contributed by atoms with Crippen LogP contribution in [-0.2, 0) is 4.79 Å². The second kappa shape index (κ2) is 11.1. The molecule has 0 bridgehead atoms. The Hall–Kier alpha value is -4.49. The van der Waals surface area contributed by atoms with E-state index < -0.39 is 11.9 Å². The largest absolute Gasteiger partial charge is 0.423 e. The lowest BCUT2D eigenvalue weighted by Gasteiger charge is -2.07. The SMILES string of the molecule is O=C(CNC(=O)c1cccc2ccccc12)NN=Cc1ccc(OC(=O)c2ccccc2Cl)cc1. The van der Waals surface area contributed by atoms with E-state index in [0.717, 1.165) is 10.8 Å². The fraction of sp³-hybridized carbons (Fsp3) is 0.0370. The topological polar surface area (TPSA) is 96.9 Å². The lowest BCUT2D eigenvalue weighted by Crippen LogP contribution is -2.35. The quantitative estimate of drug-likeness (QED) is 0.173. The maximum Gasteiger partial charge on any atom is 0.345 e. The first-order valence-electron chi connectivity index (χ1n) is 10.7. The number of hydrogen-bond donors (Lipinski definition) is 2. The number of benzene rings is 4. The van der Waals surface area contributed by atoms with Crippen LogP contribution in [-0.4, -0.2) is 30.5 Å². The van der Waals surface area contributed by atoms with Crippen LogP contribution in [0.1, 0.15) is 26.3 Å². The highest BCUT2D eigenvalue weighted by Gasteiger charge is 2.12. The second-order valence-electron chi connectivity index (χ2n) is 7.44. The number of carbonyl (C=O) groups is 3. The Balaban J connectivity index is 1.26. The summed E-state index contributed by atoms with van der Waals surface area (Å²) >= 11 is 6.01. The van der Waals surface area contributed by atoms with E-state index in [-0.39, 0.29) is 18.0 Å². The molecule has 0 aliphatic heterocycles. The van der Waals surface area contributed by atoms with Crippen LogP contribution < -0.4 is 15.5 Å². The van der Waals surface area contributed by atoms with Crippen molar-refractivity contribution in [3.63, 3.8) is 0 Å². The standard InChI is InChI=1S/C27H20ClN3O4/c28-24-11-4-3-9-23(24)27(34)35-20-14-12-18(13-15-20)16-30-31-25(32)17-29-26(33)22-10-5-7-19-6-1-2-8-21(19)22/h1-16H,17H2,(H,29,33)(H,31,32). The molecular formula is C27H20ClN3O4. The fourth-order valence-corrected chi connectivity index (χ4v) is 3.52. The van der Waals surface area contributed by atoms with E-state index in [1.165, 1.54) is 6.21 Å². The molecule has 0 aromatic heterocycles. The highest BCUT2D eigenvalue weighted by atomic mass is 35.5. The molecule has 0 saturated carbocycles. The molecular weight excluding hydrogens is 466 g/mol. The predicted octanol–water partition coefficient (Wildman–Crippen LogP) is 4.59. The number of nitrogens with zero attached hydrogens (tertiary/aromatic N) is 1. The highest BCUT2D eigenvalue weighted by molar-refractivity contribution is 6.33. The zero-order valence-electron chi connectivity index (χ0n) is 18.4. The summed E-state index contributed by atoms with van der Waals surface area (Å²) in [6, 6.07) is 26.1. The zero-order valence-corrected chi connectivity index (χ0v) is 19.2. The van der Waals surface area contributed by atoms with Crippen molar-refractivity contribution >= 4 is 46.4 Å². The molecule has 174 valence electrons. The van der Waals surface area contributed by atoms with Crippen molar-refractivity contribution < 1.29 is 19.1 Å². The summed E-state index contributed by atoms with van der Waals surface area (Å²) in [4.78, 5) is 36.8. The summed E-state index contributed by atoms with van der Waals surface area (Å²) in [5.74, 6) is -1.04. The van der Waals surface area contributed by atoms with Crippen LogP contribution in [0.4, 0.5) is 0 Å². The van der Waals surface area contributed by atoms with E-state index in [1.807, 2.05) is 30.3 Å². The number of rotatable bonds is 7. The van der Waals surface area contributed by atoms with Gasteiger partial charge in [-0.1, -0.05) is 60.1 Å². The van der Waals surface area contributed by atoms with Gasteiger partial charge < -0.3 is 10.1 Å². The lowest BCUT2D eigenvalue weighted by atomic mass is 10.0.